The van der Waals surface area contributed by atoms with Crippen LogP contribution in [0.2, 0.25) is 0 Å². The summed E-state index contributed by atoms with van der Waals surface area (Å²) in [5, 5.41) is 0. The van der Waals surface area contributed by atoms with Gasteiger partial charge in [-0.05, 0) is 36.8 Å². The van der Waals surface area contributed by atoms with E-state index < -0.39 is 24.3 Å². The van der Waals surface area contributed by atoms with E-state index in [1.54, 1.807) is 48.5 Å². The summed E-state index contributed by atoms with van der Waals surface area (Å²) in [5.74, 6) is 0. The maximum atomic E-state index is 13.3. The van der Waals surface area contributed by atoms with Crippen LogP contribution in [0, 0.1) is 6.92 Å². The highest BCUT2D eigenvalue weighted by Gasteiger charge is 2.41. The van der Waals surface area contributed by atoms with E-state index in [0.717, 1.165) is 5.56 Å². The van der Waals surface area contributed by atoms with Gasteiger partial charge in [-0.2, -0.15) is 0 Å². The second-order valence-electron chi connectivity index (χ2n) is 5.96. The number of hydrogen-bond acceptors (Lipinski definition) is 4. The van der Waals surface area contributed by atoms with E-state index >= 15 is 0 Å². The van der Waals surface area contributed by atoms with E-state index in [4.69, 9.17) is 0 Å². The smallest absolute Gasteiger partial charge is 0.200 e. The largest absolute Gasteiger partial charge is 0.222 e. The molecule has 4 nitrogen and oxygen atoms in total. The molecule has 0 aromatic heterocycles. The van der Waals surface area contributed by atoms with E-state index in [-0.39, 0.29) is 15.4 Å². The van der Waals surface area contributed by atoms with Crippen molar-refractivity contribution in [2.45, 2.75) is 21.3 Å². The molecule has 0 heterocycles. The van der Waals surface area contributed by atoms with E-state index in [2.05, 4.69) is 0 Å². The van der Waals surface area contributed by atoms with Crippen molar-refractivity contribution in [3.63, 3.8) is 0 Å². The zero-order valence-electron chi connectivity index (χ0n) is 14.1. The maximum absolute atomic E-state index is 13.3. The van der Waals surface area contributed by atoms with Crippen LogP contribution >= 0.6 is 0 Å². The molecule has 0 fully saturated rings. The van der Waals surface area contributed by atoms with Crippen LogP contribution in [-0.4, -0.2) is 16.8 Å². The first-order chi connectivity index (χ1) is 12.3. The van der Waals surface area contributed by atoms with Crippen LogP contribution in [0.25, 0.3) is 0 Å². The standard InChI is InChI=1S/C20H18O4S2/c1-16-12-14-19(15-13-16)26(23,24)20(17-8-4-2-5-9-17)25(21,22)18-10-6-3-7-11-18/h2-15,20H,1H3. The number of rotatable bonds is 5. The lowest BCUT2D eigenvalue weighted by atomic mass is 10.2. The molecule has 0 aliphatic carbocycles. The molecule has 0 spiro atoms. The van der Waals surface area contributed by atoms with Gasteiger partial charge in [0.1, 0.15) is 0 Å². The average molecular weight is 386 g/mol. The SMILES string of the molecule is Cc1ccc(S(=O)(=O)C(c2ccccc2)S(=O)(=O)c2ccccc2)cc1. The monoisotopic (exact) mass is 386 g/mol. The number of aryl methyl sites for hydroxylation is 1. The molecule has 0 aliphatic rings. The molecule has 0 aliphatic heterocycles. The highest BCUT2D eigenvalue weighted by molar-refractivity contribution is 8.08. The second kappa shape index (κ2) is 7.05. The third-order valence-corrected chi connectivity index (χ3v) is 9.11. The van der Waals surface area contributed by atoms with Gasteiger partial charge >= 0.3 is 0 Å². The van der Waals surface area contributed by atoms with Gasteiger partial charge in [-0.3, -0.25) is 0 Å². The van der Waals surface area contributed by atoms with Crippen molar-refractivity contribution in [2.75, 3.05) is 0 Å². The van der Waals surface area contributed by atoms with Crippen molar-refractivity contribution in [2.24, 2.45) is 0 Å². The summed E-state index contributed by atoms with van der Waals surface area (Å²) in [6.45, 7) is 1.84. The Morgan fingerprint density at radius 2 is 1.00 bits per heavy atom. The summed E-state index contributed by atoms with van der Waals surface area (Å²) in [6.07, 6.45) is 0. The molecular formula is C20H18O4S2. The highest BCUT2D eigenvalue weighted by atomic mass is 32.3. The Kier molecular flexibility index (Phi) is 4.98. The zero-order chi connectivity index (χ0) is 18.8. The molecule has 26 heavy (non-hydrogen) atoms. The molecule has 0 N–H and O–H groups in total. The van der Waals surface area contributed by atoms with Crippen LogP contribution in [-0.2, 0) is 19.7 Å². The summed E-state index contributed by atoms with van der Waals surface area (Å²) in [4.78, 5) is -0.0407. The van der Waals surface area contributed by atoms with Crippen molar-refractivity contribution in [1.82, 2.24) is 0 Å². The molecule has 0 radical (unpaired) electrons. The first-order valence-electron chi connectivity index (χ1n) is 7.98. The number of benzene rings is 3. The van der Waals surface area contributed by atoms with Gasteiger partial charge in [-0.15, -0.1) is 0 Å². The minimum Gasteiger partial charge on any atom is -0.222 e. The van der Waals surface area contributed by atoms with E-state index in [9.17, 15) is 16.8 Å². The van der Waals surface area contributed by atoms with Crippen LogP contribution in [0.4, 0.5) is 0 Å². The van der Waals surface area contributed by atoms with Gasteiger partial charge < -0.3 is 0 Å². The summed E-state index contributed by atoms with van der Waals surface area (Å²) in [6, 6.07) is 21.9. The molecule has 0 saturated heterocycles. The normalized spacial score (nSPS) is 13.3. The summed E-state index contributed by atoms with van der Waals surface area (Å²) >= 11 is 0. The third-order valence-electron chi connectivity index (χ3n) is 4.06. The van der Waals surface area contributed by atoms with Crippen LogP contribution in [0.5, 0.6) is 0 Å². The average Bonchev–Trinajstić information content (AvgIpc) is 2.63. The lowest BCUT2D eigenvalue weighted by Gasteiger charge is -2.19. The lowest BCUT2D eigenvalue weighted by molar-refractivity contribution is 0.576. The van der Waals surface area contributed by atoms with Crippen LogP contribution in [0.1, 0.15) is 15.7 Å². The molecule has 3 aromatic rings. The second-order valence-corrected chi connectivity index (χ2v) is 10.3. The third kappa shape index (κ3) is 3.43. The topological polar surface area (TPSA) is 68.3 Å². The Morgan fingerprint density at radius 3 is 1.50 bits per heavy atom. The molecular weight excluding hydrogens is 368 g/mol. The highest BCUT2D eigenvalue weighted by Crippen LogP contribution is 2.37. The molecule has 3 aromatic carbocycles. The molecule has 0 amide bonds. The van der Waals surface area contributed by atoms with Gasteiger partial charge in [-0.25, -0.2) is 16.8 Å². The molecule has 1 unspecified atom stereocenters. The minimum absolute atomic E-state index is 0.0172. The zero-order valence-corrected chi connectivity index (χ0v) is 15.7. The molecule has 0 bridgehead atoms. The predicted molar refractivity (Wildman–Crippen MR) is 101 cm³/mol. The number of sulfone groups is 2. The summed E-state index contributed by atoms with van der Waals surface area (Å²) < 4.78 is 51.3. The van der Waals surface area contributed by atoms with Gasteiger partial charge in [0, 0.05) is 0 Å². The molecule has 1 atom stereocenters. The van der Waals surface area contributed by atoms with Gasteiger partial charge in [0.2, 0.25) is 0 Å². The van der Waals surface area contributed by atoms with E-state index in [1.807, 2.05) is 6.92 Å². The summed E-state index contributed by atoms with van der Waals surface area (Å²) in [7, 11) is -8.32. The van der Waals surface area contributed by atoms with Crippen LogP contribution < -0.4 is 0 Å². The van der Waals surface area contributed by atoms with E-state index in [1.165, 1.54) is 36.4 Å². The Balaban J connectivity index is 2.25. The fraction of sp³-hybridized carbons (Fsp3) is 0.100. The molecule has 134 valence electrons. The van der Waals surface area contributed by atoms with Crippen LogP contribution in [0.3, 0.4) is 0 Å². The molecule has 0 saturated carbocycles. The lowest BCUT2D eigenvalue weighted by Crippen LogP contribution is -2.23. The molecule has 6 heteroatoms. The Morgan fingerprint density at radius 1 is 0.577 bits per heavy atom. The fourth-order valence-corrected chi connectivity index (χ4v) is 7.30. The molecule has 3 rings (SSSR count). The first kappa shape index (κ1) is 18.4. The van der Waals surface area contributed by atoms with Crippen molar-refractivity contribution in [3.05, 3.63) is 96.1 Å². The van der Waals surface area contributed by atoms with Crippen molar-refractivity contribution in [3.8, 4) is 0 Å². The predicted octanol–water partition coefficient (Wildman–Crippen LogP) is 3.94. The quantitative estimate of drug-likeness (QED) is 0.666. The van der Waals surface area contributed by atoms with Gasteiger partial charge in [0.15, 0.2) is 24.3 Å². The minimum atomic E-state index is -4.16. The maximum Gasteiger partial charge on any atom is 0.200 e. The van der Waals surface area contributed by atoms with Gasteiger partial charge in [0.05, 0.1) is 9.79 Å². The van der Waals surface area contributed by atoms with Crippen molar-refractivity contribution >= 4 is 19.7 Å². The Labute approximate surface area is 154 Å². The summed E-state index contributed by atoms with van der Waals surface area (Å²) in [5.41, 5.74) is 1.11. The fourth-order valence-electron chi connectivity index (χ4n) is 2.72. The first-order valence-corrected chi connectivity index (χ1v) is 11.1. The van der Waals surface area contributed by atoms with E-state index in [0.29, 0.717) is 0 Å². The van der Waals surface area contributed by atoms with Crippen molar-refractivity contribution in [1.29, 1.82) is 0 Å². The van der Waals surface area contributed by atoms with Crippen molar-refractivity contribution < 1.29 is 16.8 Å². The van der Waals surface area contributed by atoms with Crippen LogP contribution in [0.15, 0.2) is 94.7 Å². The Hall–Kier alpha value is -2.44. The Bertz CT molecular complexity index is 1090. The van der Waals surface area contributed by atoms with Gasteiger partial charge in [-0.1, -0.05) is 66.2 Å². The number of hydrogen-bond donors (Lipinski definition) is 0. The van der Waals surface area contributed by atoms with Gasteiger partial charge in [0.25, 0.3) is 0 Å².